The molecule has 1 aliphatic heterocycles. The van der Waals surface area contributed by atoms with Crippen LogP contribution in [0.2, 0.25) is 0 Å². The molecule has 5 nitrogen and oxygen atoms in total. The Labute approximate surface area is 163 Å². The minimum Gasteiger partial charge on any atom is -0.338 e. The highest BCUT2D eigenvalue weighted by Crippen LogP contribution is 2.23. The lowest BCUT2D eigenvalue weighted by Crippen LogP contribution is -2.29. The molecule has 0 N–H and O–H groups in total. The predicted molar refractivity (Wildman–Crippen MR) is 104 cm³/mol. The number of aryl methyl sites for hydroxylation is 1. The summed E-state index contributed by atoms with van der Waals surface area (Å²) in [5.74, 6) is 0.594. The van der Waals surface area contributed by atoms with Crippen molar-refractivity contribution in [3.63, 3.8) is 0 Å². The number of nitrogens with zero attached hydrogens (tertiary/aromatic N) is 4. The number of aromatic nitrogens is 3. The fourth-order valence-corrected chi connectivity index (χ4v) is 3.53. The smallest absolute Gasteiger partial charge is 0.257 e. The van der Waals surface area contributed by atoms with Gasteiger partial charge >= 0.3 is 0 Å². The molecule has 2 aromatic heterocycles. The van der Waals surface area contributed by atoms with Crippen LogP contribution in [-0.4, -0.2) is 38.8 Å². The van der Waals surface area contributed by atoms with Crippen molar-refractivity contribution in [2.75, 3.05) is 13.1 Å². The molecular formula is C22H21FN4O. The van der Waals surface area contributed by atoms with Gasteiger partial charge in [-0.05, 0) is 55.0 Å². The summed E-state index contributed by atoms with van der Waals surface area (Å²) in [6.07, 6.45) is 6.48. The first-order valence-electron chi connectivity index (χ1n) is 9.38. The molecule has 3 heterocycles. The number of carbonyl (C=O) groups excluding carboxylic acids is 1. The Kier molecular flexibility index (Phi) is 5.10. The number of hydrogen-bond donors (Lipinski definition) is 0. The first-order chi connectivity index (χ1) is 13.6. The third-order valence-corrected chi connectivity index (χ3v) is 5.13. The molecule has 0 saturated carbocycles. The fourth-order valence-electron chi connectivity index (χ4n) is 3.53. The standard InChI is InChI=1S/C22H21FN4O/c1-15-5-6-16(11-19(15)23)10-17-7-9-27(14-17)22(28)18-12-25-21(26-13-18)20-4-2-3-8-24-20/h2-6,8,11-13,17H,7,9-10,14H2,1H3. The summed E-state index contributed by atoms with van der Waals surface area (Å²) < 4.78 is 13.8. The zero-order valence-electron chi connectivity index (χ0n) is 15.7. The first-order valence-corrected chi connectivity index (χ1v) is 9.38. The summed E-state index contributed by atoms with van der Waals surface area (Å²) in [6.45, 7) is 3.12. The number of amides is 1. The van der Waals surface area contributed by atoms with Gasteiger partial charge in [0.25, 0.3) is 5.91 Å². The third-order valence-electron chi connectivity index (χ3n) is 5.13. The molecule has 4 rings (SSSR count). The van der Waals surface area contributed by atoms with Crippen molar-refractivity contribution in [2.24, 2.45) is 5.92 Å². The summed E-state index contributed by atoms with van der Waals surface area (Å²) in [5.41, 5.74) is 2.78. The van der Waals surface area contributed by atoms with Gasteiger partial charge in [-0.1, -0.05) is 18.2 Å². The molecule has 1 saturated heterocycles. The largest absolute Gasteiger partial charge is 0.338 e. The minimum atomic E-state index is -0.173. The molecule has 0 spiro atoms. The topological polar surface area (TPSA) is 59.0 Å². The van der Waals surface area contributed by atoms with E-state index in [4.69, 9.17) is 0 Å². The van der Waals surface area contributed by atoms with Gasteiger partial charge in [-0.3, -0.25) is 9.78 Å². The van der Waals surface area contributed by atoms with Crippen molar-refractivity contribution >= 4 is 5.91 Å². The van der Waals surface area contributed by atoms with Gasteiger partial charge in [0.1, 0.15) is 11.5 Å². The summed E-state index contributed by atoms with van der Waals surface area (Å²) in [6, 6.07) is 10.9. The number of rotatable bonds is 4. The Morgan fingerprint density at radius 1 is 1.18 bits per heavy atom. The monoisotopic (exact) mass is 376 g/mol. The van der Waals surface area contributed by atoms with Crippen LogP contribution in [0.15, 0.2) is 55.0 Å². The van der Waals surface area contributed by atoms with Gasteiger partial charge in [-0.25, -0.2) is 14.4 Å². The van der Waals surface area contributed by atoms with E-state index in [1.54, 1.807) is 31.6 Å². The Morgan fingerprint density at radius 2 is 2.00 bits per heavy atom. The quantitative estimate of drug-likeness (QED) is 0.697. The number of halogens is 1. The zero-order valence-corrected chi connectivity index (χ0v) is 15.7. The lowest BCUT2D eigenvalue weighted by Gasteiger charge is -2.16. The van der Waals surface area contributed by atoms with Crippen molar-refractivity contribution in [3.8, 4) is 11.5 Å². The Morgan fingerprint density at radius 3 is 2.71 bits per heavy atom. The molecule has 1 amide bonds. The van der Waals surface area contributed by atoms with Gasteiger partial charge in [-0.15, -0.1) is 0 Å². The number of hydrogen-bond acceptors (Lipinski definition) is 4. The normalized spacial score (nSPS) is 16.4. The zero-order chi connectivity index (χ0) is 19.5. The lowest BCUT2D eigenvalue weighted by atomic mass is 9.98. The van der Waals surface area contributed by atoms with Crippen LogP contribution in [0.25, 0.3) is 11.5 Å². The van der Waals surface area contributed by atoms with Crippen molar-refractivity contribution in [3.05, 3.63) is 77.5 Å². The molecule has 1 aliphatic rings. The van der Waals surface area contributed by atoms with Crippen LogP contribution in [0.1, 0.15) is 27.9 Å². The lowest BCUT2D eigenvalue weighted by molar-refractivity contribution is 0.0786. The first kappa shape index (κ1) is 18.2. The number of pyridine rings is 1. The SMILES string of the molecule is Cc1ccc(CC2CCN(C(=O)c3cnc(-c4ccccn4)nc3)C2)cc1F. The Bertz CT molecular complexity index is 976. The molecule has 0 bridgehead atoms. The average Bonchev–Trinajstić information content (AvgIpc) is 3.19. The van der Waals surface area contributed by atoms with Crippen molar-refractivity contribution in [2.45, 2.75) is 19.8 Å². The van der Waals surface area contributed by atoms with Crippen LogP contribution in [0.3, 0.4) is 0 Å². The summed E-state index contributed by atoms with van der Waals surface area (Å²) in [7, 11) is 0. The molecule has 1 aromatic carbocycles. The molecule has 28 heavy (non-hydrogen) atoms. The summed E-state index contributed by atoms with van der Waals surface area (Å²) >= 11 is 0. The van der Waals surface area contributed by atoms with Crippen molar-refractivity contribution < 1.29 is 9.18 Å². The molecule has 1 unspecified atom stereocenters. The Hall–Kier alpha value is -3.15. The molecule has 0 radical (unpaired) electrons. The van der Waals surface area contributed by atoms with E-state index in [1.165, 1.54) is 0 Å². The maximum atomic E-state index is 13.8. The van der Waals surface area contributed by atoms with E-state index in [2.05, 4.69) is 15.0 Å². The molecule has 1 fully saturated rings. The molecule has 3 aromatic rings. The fraction of sp³-hybridized carbons (Fsp3) is 0.273. The highest BCUT2D eigenvalue weighted by atomic mass is 19.1. The summed E-state index contributed by atoms with van der Waals surface area (Å²) in [5, 5.41) is 0. The van der Waals surface area contributed by atoms with Crippen LogP contribution in [-0.2, 0) is 6.42 Å². The maximum Gasteiger partial charge on any atom is 0.257 e. The molecule has 1 atom stereocenters. The van der Waals surface area contributed by atoms with Gasteiger partial charge in [0.05, 0.1) is 5.56 Å². The molecule has 142 valence electrons. The van der Waals surface area contributed by atoms with Crippen LogP contribution >= 0.6 is 0 Å². The molecule has 6 heteroatoms. The van der Waals surface area contributed by atoms with Crippen LogP contribution in [0.4, 0.5) is 4.39 Å². The van der Waals surface area contributed by atoms with E-state index < -0.39 is 0 Å². The minimum absolute atomic E-state index is 0.0647. The predicted octanol–water partition coefficient (Wildman–Crippen LogP) is 3.69. The number of benzene rings is 1. The van der Waals surface area contributed by atoms with Gasteiger partial charge < -0.3 is 4.90 Å². The number of likely N-dealkylation sites (tertiary alicyclic amines) is 1. The third kappa shape index (κ3) is 3.91. The van der Waals surface area contributed by atoms with Crippen LogP contribution in [0.5, 0.6) is 0 Å². The second-order valence-electron chi connectivity index (χ2n) is 7.20. The maximum absolute atomic E-state index is 13.8. The number of carbonyl (C=O) groups is 1. The Balaban J connectivity index is 1.39. The van der Waals surface area contributed by atoms with E-state index in [9.17, 15) is 9.18 Å². The second-order valence-corrected chi connectivity index (χ2v) is 7.20. The second kappa shape index (κ2) is 7.84. The van der Waals surface area contributed by atoms with Gasteiger partial charge in [0.2, 0.25) is 0 Å². The highest BCUT2D eigenvalue weighted by Gasteiger charge is 2.27. The van der Waals surface area contributed by atoms with E-state index in [-0.39, 0.29) is 11.7 Å². The van der Waals surface area contributed by atoms with E-state index in [0.29, 0.717) is 41.7 Å². The van der Waals surface area contributed by atoms with E-state index in [1.807, 2.05) is 35.2 Å². The average molecular weight is 376 g/mol. The molecular weight excluding hydrogens is 355 g/mol. The summed E-state index contributed by atoms with van der Waals surface area (Å²) in [4.78, 5) is 27.4. The molecule has 0 aliphatic carbocycles. The van der Waals surface area contributed by atoms with Crippen molar-refractivity contribution in [1.82, 2.24) is 19.9 Å². The van der Waals surface area contributed by atoms with Crippen LogP contribution < -0.4 is 0 Å². The van der Waals surface area contributed by atoms with Gasteiger partial charge in [0, 0.05) is 31.7 Å². The van der Waals surface area contributed by atoms with Gasteiger partial charge in [0.15, 0.2) is 5.82 Å². The van der Waals surface area contributed by atoms with Gasteiger partial charge in [-0.2, -0.15) is 0 Å². The van der Waals surface area contributed by atoms with Crippen LogP contribution in [0, 0.1) is 18.7 Å². The van der Waals surface area contributed by atoms with E-state index in [0.717, 1.165) is 18.4 Å². The highest BCUT2D eigenvalue weighted by molar-refractivity contribution is 5.93. The van der Waals surface area contributed by atoms with Crippen molar-refractivity contribution in [1.29, 1.82) is 0 Å². The van der Waals surface area contributed by atoms with E-state index >= 15 is 0 Å².